The van der Waals surface area contributed by atoms with E-state index in [-0.39, 0.29) is 57.4 Å². The van der Waals surface area contributed by atoms with Crippen LogP contribution in [0.15, 0.2) is 12.1 Å². The van der Waals surface area contributed by atoms with E-state index < -0.39 is 12.6 Å². The van der Waals surface area contributed by atoms with E-state index in [0.717, 1.165) is 6.08 Å². The summed E-state index contributed by atoms with van der Waals surface area (Å²) < 4.78 is 39.7. The molecule has 0 aromatic rings. The molecule has 0 amide bonds. The molecular formula is C6H11BF3KO. The Morgan fingerprint density at radius 3 is 1.92 bits per heavy atom. The molecule has 0 atom stereocenters. The molecule has 0 saturated heterocycles. The SMILES string of the molecule is COC(C)(C)/C=C/[B-](F)(F)F.[K+]. The van der Waals surface area contributed by atoms with Gasteiger partial charge in [-0.3, -0.25) is 0 Å². The largest absolute Gasteiger partial charge is 1.00 e. The van der Waals surface area contributed by atoms with Crippen molar-refractivity contribution >= 4 is 6.98 Å². The van der Waals surface area contributed by atoms with Gasteiger partial charge in [0.15, 0.2) is 0 Å². The number of ether oxygens (including phenoxy) is 1. The first kappa shape index (κ1) is 15.7. The second-order valence-electron chi connectivity index (χ2n) is 2.79. The number of rotatable bonds is 3. The fourth-order valence-electron chi connectivity index (χ4n) is 0.409. The molecule has 0 aliphatic heterocycles. The van der Waals surface area contributed by atoms with Gasteiger partial charge in [-0.2, -0.15) is 0 Å². The van der Waals surface area contributed by atoms with Crippen molar-refractivity contribution in [2.45, 2.75) is 19.4 Å². The summed E-state index contributed by atoms with van der Waals surface area (Å²) >= 11 is 0. The molecule has 0 aromatic heterocycles. The molecule has 0 saturated carbocycles. The predicted molar refractivity (Wildman–Crippen MR) is 39.3 cm³/mol. The Bertz CT molecular complexity index is 155. The van der Waals surface area contributed by atoms with Gasteiger partial charge in [0.1, 0.15) is 0 Å². The first-order valence-corrected chi connectivity index (χ1v) is 3.22. The molecule has 0 radical (unpaired) electrons. The molecule has 6 heteroatoms. The van der Waals surface area contributed by atoms with Crippen molar-refractivity contribution in [3.8, 4) is 0 Å². The van der Waals surface area contributed by atoms with Crippen LogP contribution >= 0.6 is 0 Å². The molecule has 0 aromatic carbocycles. The van der Waals surface area contributed by atoms with Crippen molar-refractivity contribution in [2.24, 2.45) is 0 Å². The van der Waals surface area contributed by atoms with Gasteiger partial charge in [0.2, 0.25) is 0 Å². The van der Waals surface area contributed by atoms with Crippen LogP contribution in [0.2, 0.25) is 0 Å². The summed E-state index contributed by atoms with van der Waals surface area (Å²) in [6.45, 7) is -1.71. The van der Waals surface area contributed by atoms with Crippen molar-refractivity contribution in [2.75, 3.05) is 7.11 Å². The van der Waals surface area contributed by atoms with E-state index in [1.165, 1.54) is 7.11 Å². The Hall–Kier alpha value is 1.19. The molecule has 0 fully saturated rings. The molecule has 0 spiro atoms. The fourth-order valence-corrected chi connectivity index (χ4v) is 0.409. The smallest absolute Gasteiger partial charge is 0.445 e. The van der Waals surface area contributed by atoms with Crippen LogP contribution in [0, 0.1) is 0 Å². The Kier molecular flexibility index (Phi) is 7.60. The van der Waals surface area contributed by atoms with Crippen molar-refractivity contribution < 1.29 is 69.1 Å². The third-order valence-corrected chi connectivity index (χ3v) is 1.24. The molecule has 0 rings (SSSR count). The zero-order valence-corrected chi connectivity index (χ0v) is 10.9. The molecule has 0 aliphatic carbocycles. The van der Waals surface area contributed by atoms with Crippen LogP contribution in [-0.4, -0.2) is 19.7 Å². The van der Waals surface area contributed by atoms with Crippen LogP contribution in [0.1, 0.15) is 13.8 Å². The van der Waals surface area contributed by atoms with E-state index in [4.69, 9.17) is 4.74 Å². The van der Waals surface area contributed by atoms with Gasteiger partial charge in [-0.05, 0) is 13.8 Å². The summed E-state index contributed by atoms with van der Waals surface area (Å²) in [5.74, 6) is 0.240. The van der Waals surface area contributed by atoms with E-state index in [0.29, 0.717) is 0 Å². The summed E-state index contributed by atoms with van der Waals surface area (Å²) in [6.07, 6.45) is 1.01. The number of halogens is 3. The number of hydrogen-bond acceptors (Lipinski definition) is 1. The van der Waals surface area contributed by atoms with E-state index in [9.17, 15) is 12.9 Å². The van der Waals surface area contributed by atoms with E-state index >= 15 is 0 Å². The van der Waals surface area contributed by atoms with Crippen molar-refractivity contribution in [1.82, 2.24) is 0 Å². The summed E-state index contributed by atoms with van der Waals surface area (Å²) in [7, 11) is 1.37. The van der Waals surface area contributed by atoms with E-state index in [1.807, 2.05) is 0 Å². The third-order valence-electron chi connectivity index (χ3n) is 1.24. The summed E-state index contributed by atoms with van der Waals surface area (Å²) in [5.41, 5.74) is -0.836. The van der Waals surface area contributed by atoms with Crippen LogP contribution < -0.4 is 51.4 Å². The minimum Gasteiger partial charge on any atom is -0.445 e. The number of methoxy groups -OCH3 is 1. The predicted octanol–water partition coefficient (Wildman–Crippen LogP) is -0.642. The Morgan fingerprint density at radius 2 is 1.67 bits per heavy atom. The average molecular weight is 206 g/mol. The third kappa shape index (κ3) is 9.28. The maximum Gasteiger partial charge on any atom is 1.00 e. The van der Waals surface area contributed by atoms with Gasteiger partial charge in [-0.1, -0.05) is 6.08 Å². The van der Waals surface area contributed by atoms with Crippen LogP contribution in [0.5, 0.6) is 0 Å². The fraction of sp³-hybridized carbons (Fsp3) is 0.667. The molecule has 66 valence electrons. The molecular weight excluding hydrogens is 195 g/mol. The normalized spacial score (nSPS) is 13.2. The van der Waals surface area contributed by atoms with Crippen molar-refractivity contribution in [3.63, 3.8) is 0 Å². The van der Waals surface area contributed by atoms with Gasteiger partial charge in [-0.15, -0.1) is 5.98 Å². The Labute approximate surface area is 113 Å². The second kappa shape index (κ2) is 5.82. The first-order chi connectivity index (χ1) is 4.77. The standard InChI is InChI=1S/C6H11BF3O.K/c1-6(2,11-3)4-5-7(8,9)10;/h4-5H,1-3H3;/q-1;+1/b5-4+;. The molecule has 0 aliphatic rings. The van der Waals surface area contributed by atoms with Crippen LogP contribution in [0.4, 0.5) is 12.9 Å². The molecule has 0 bridgehead atoms. The maximum absolute atomic E-state index is 11.6. The van der Waals surface area contributed by atoms with Crippen LogP contribution in [0.25, 0.3) is 0 Å². The average Bonchev–Trinajstić information content (AvgIpc) is 1.83. The molecule has 0 heterocycles. The van der Waals surface area contributed by atoms with Crippen molar-refractivity contribution in [3.05, 3.63) is 12.1 Å². The number of hydrogen-bond donors (Lipinski definition) is 0. The van der Waals surface area contributed by atoms with Crippen molar-refractivity contribution in [1.29, 1.82) is 0 Å². The molecule has 1 nitrogen and oxygen atoms in total. The van der Waals surface area contributed by atoms with E-state index in [2.05, 4.69) is 0 Å². The van der Waals surface area contributed by atoms with Gasteiger partial charge in [0.05, 0.1) is 5.60 Å². The Morgan fingerprint density at radius 1 is 1.25 bits per heavy atom. The van der Waals surface area contributed by atoms with Gasteiger partial charge in [0.25, 0.3) is 0 Å². The summed E-state index contributed by atoms with van der Waals surface area (Å²) in [6, 6.07) is 0. The van der Waals surface area contributed by atoms with Gasteiger partial charge >= 0.3 is 58.4 Å². The zero-order chi connectivity index (χ0) is 9.12. The summed E-state index contributed by atoms with van der Waals surface area (Å²) in [4.78, 5) is 0. The molecule has 0 unspecified atom stereocenters. The van der Waals surface area contributed by atoms with Gasteiger partial charge in [-0.25, -0.2) is 0 Å². The second-order valence-corrected chi connectivity index (χ2v) is 2.79. The molecule has 12 heavy (non-hydrogen) atoms. The zero-order valence-electron chi connectivity index (χ0n) is 7.77. The quantitative estimate of drug-likeness (QED) is 0.558. The maximum atomic E-state index is 11.6. The minimum atomic E-state index is -4.83. The van der Waals surface area contributed by atoms with Gasteiger partial charge in [0, 0.05) is 7.11 Å². The van der Waals surface area contributed by atoms with E-state index in [1.54, 1.807) is 13.8 Å². The van der Waals surface area contributed by atoms with Gasteiger partial charge < -0.3 is 17.7 Å². The summed E-state index contributed by atoms with van der Waals surface area (Å²) in [5, 5.41) is 0. The monoisotopic (exact) mass is 206 g/mol. The minimum absolute atomic E-state index is 0. The molecule has 0 N–H and O–H groups in total. The van der Waals surface area contributed by atoms with Crippen LogP contribution in [-0.2, 0) is 4.74 Å². The first-order valence-electron chi connectivity index (χ1n) is 3.22. The van der Waals surface area contributed by atoms with Crippen LogP contribution in [0.3, 0.4) is 0 Å². The topological polar surface area (TPSA) is 9.23 Å². The Balaban J connectivity index is 0.